The van der Waals surface area contributed by atoms with E-state index in [0.29, 0.717) is 24.6 Å². The summed E-state index contributed by atoms with van der Waals surface area (Å²) in [7, 11) is 0. The Bertz CT molecular complexity index is 419. The van der Waals surface area contributed by atoms with Crippen LogP contribution in [0.5, 0.6) is 0 Å². The van der Waals surface area contributed by atoms with E-state index in [1.54, 1.807) is 6.07 Å². The second kappa shape index (κ2) is 5.96. The number of carbonyl (C=O) groups is 1. The zero-order valence-electron chi connectivity index (χ0n) is 9.21. The number of benzene rings is 1. The number of hydrogen-bond donors (Lipinski definition) is 1. The number of carbonyl (C=O) groups excluding carboxylic acids is 1. The Kier molecular flexibility index (Phi) is 4.56. The number of ether oxygens (including phenoxy) is 1. The minimum absolute atomic E-state index is 0.0708. The van der Waals surface area contributed by atoms with Gasteiger partial charge in [-0.15, -0.1) is 0 Å². The molecule has 1 aliphatic rings. The highest BCUT2D eigenvalue weighted by atomic mass is 79.9. The first-order valence-electron chi connectivity index (χ1n) is 5.46. The Morgan fingerprint density at radius 2 is 2.41 bits per heavy atom. The van der Waals surface area contributed by atoms with Crippen LogP contribution in [0.3, 0.4) is 0 Å². The zero-order chi connectivity index (χ0) is 12.3. The van der Waals surface area contributed by atoms with Crippen molar-refractivity contribution in [2.75, 3.05) is 19.7 Å². The van der Waals surface area contributed by atoms with Gasteiger partial charge in [0.2, 0.25) is 0 Å². The van der Waals surface area contributed by atoms with Crippen molar-refractivity contribution in [3.05, 3.63) is 33.3 Å². The van der Waals surface area contributed by atoms with E-state index < -0.39 is 0 Å². The molecule has 1 aliphatic heterocycles. The Morgan fingerprint density at radius 3 is 3.06 bits per heavy atom. The van der Waals surface area contributed by atoms with Gasteiger partial charge < -0.3 is 10.1 Å². The predicted molar refractivity (Wildman–Crippen MR) is 70.5 cm³/mol. The van der Waals surface area contributed by atoms with Gasteiger partial charge in [0.25, 0.3) is 0 Å². The summed E-state index contributed by atoms with van der Waals surface area (Å²) in [6.45, 7) is 1.99. The molecule has 0 amide bonds. The van der Waals surface area contributed by atoms with Crippen molar-refractivity contribution in [1.29, 1.82) is 0 Å². The van der Waals surface area contributed by atoms with Gasteiger partial charge in [-0.05, 0) is 17.7 Å². The van der Waals surface area contributed by atoms with Crippen molar-refractivity contribution >= 4 is 33.3 Å². The molecular weight excluding hydrogens is 305 g/mol. The highest BCUT2D eigenvalue weighted by molar-refractivity contribution is 9.10. The van der Waals surface area contributed by atoms with E-state index in [9.17, 15) is 4.79 Å². The molecule has 0 aliphatic carbocycles. The van der Waals surface area contributed by atoms with E-state index in [1.807, 2.05) is 12.1 Å². The van der Waals surface area contributed by atoms with Crippen LogP contribution in [0.15, 0.2) is 22.7 Å². The topological polar surface area (TPSA) is 38.3 Å². The molecule has 0 bridgehead atoms. The van der Waals surface area contributed by atoms with Crippen LogP contribution in [0.4, 0.5) is 0 Å². The van der Waals surface area contributed by atoms with Gasteiger partial charge in [-0.25, -0.2) is 0 Å². The molecule has 2 rings (SSSR count). The third kappa shape index (κ3) is 3.52. The standard InChI is InChI=1S/C12H13BrClNO2/c13-9-2-1-8(10(14)6-9)5-11(16)12-7-15-3-4-17-12/h1-2,6,12,15H,3-5,7H2. The van der Waals surface area contributed by atoms with Gasteiger partial charge in [0.15, 0.2) is 5.78 Å². The van der Waals surface area contributed by atoms with Crippen molar-refractivity contribution in [2.45, 2.75) is 12.5 Å². The second-order valence-electron chi connectivity index (χ2n) is 3.94. The smallest absolute Gasteiger partial charge is 0.167 e. The lowest BCUT2D eigenvalue weighted by Crippen LogP contribution is -2.43. The molecule has 17 heavy (non-hydrogen) atoms. The Labute approximate surface area is 114 Å². The van der Waals surface area contributed by atoms with E-state index >= 15 is 0 Å². The van der Waals surface area contributed by atoms with Crippen LogP contribution in [-0.2, 0) is 16.0 Å². The molecule has 5 heteroatoms. The van der Waals surface area contributed by atoms with Crippen LogP contribution < -0.4 is 5.32 Å². The predicted octanol–water partition coefficient (Wildman–Crippen LogP) is 2.20. The summed E-state index contributed by atoms with van der Waals surface area (Å²) in [5.41, 5.74) is 0.842. The molecule has 1 unspecified atom stereocenters. The van der Waals surface area contributed by atoms with Gasteiger partial charge in [0.05, 0.1) is 6.61 Å². The molecule has 0 spiro atoms. The van der Waals surface area contributed by atoms with E-state index in [0.717, 1.165) is 16.6 Å². The largest absolute Gasteiger partial charge is 0.368 e. The average Bonchev–Trinajstić information content (AvgIpc) is 2.34. The molecule has 3 nitrogen and oxygen atoms in total. The van der Waals surface area contributed by atoms with Crippen LogP contribution in [0.25, 0.3) is 0 Å². The maximum atomic E-state index is 12.0. The lowest BCUT2D eigenvalue weighted by Gasteiger charge is -2.22. The monoisotopic (exact) mass is 317 g/mol. The minimum Gasteiger partial charge on any atom is -0.368 e. The lowest BCUT2D eigenvalue weighted by molar-refractivity contribution is -0.131. The van der Waals surface area contributed by atoms with Crippen LogP contribution in [0.2, 0.25) is 5.02 Å². The van der Waals surface area contributed by atoms with Crippen LogP contribution in [0.1, 0.15) is 5.56 Å². The summed E-state index contributed by atoms with van der Waals surface area (Å²) in [6.07, 6.45) is -0.0261. The SMILES string of the molecule is O=C(Cc1ccc(Br)cc1Cl)C1CNCCO1. The fourth-order valence-electron chi connectivity index (χ4n) is 1.74. The maximum absolute atomic E-state index is 12.0. The first-order chi connectivity index (χ1) is 8.16. The number of nitrogens with one attached hydrogen (secondary N) is 1. The van der Waals surface area contributed by atoms with Crippen LogP contribution in [-0.4, -0.2) is 31.6 Å². The molecule has 1 heterocycles. The number of morpholine rings is 1. The molecular formula is C12H13BrClNO2. The molecule has 0 aromatic heterocycles. The fourth-order valence-corrected chi connectivity index (χ4v) is 2.48. The molecule has 1 atom stereocenters. The van der Waals surface area contributed by atoms with Gasteiger partial charge in [0, 0.05) is 29.0 Å². The molecule has 1 N–H and O–H groups in total. The molecule has 1 saturated heterocycles. The van der Waals surface area contributed by atoms with Gasteiger partial charge in [0.1, 0.15) is 6.10 Å². The quantitative estimate of drug-likeness (QED) is 0.928. The van der Waals surface area contributed by atoms with E-state index in [1.165, 1.54) is 0 Å². The van der Waals surface area contributed by atoms with E-state index in [2.05, 4.69) is 21.2 Å². The number of ketones is 1. The molecule has 1 aromatic rings. The Hall–Kier alpha value is -0.420. The zero-order valence-corrected chi connectivity index (χ0v) is 11.6. The van der Waals surface area contributed by atoms with Crippen molar-refractivity contribution in [3.8, 4) is 0 Å². The van der Waals surface area contributed by atoms with Crippen molar-refractivity contribution in [2.24, 2.45) is 0 Å². The maximum Gasteiger partial charge on any atom is 0.167 e. The number of halogens is 2. The third-order valence-electron chi connectivity index (χ3n) is 2.67. The van der Waals surface area contributed by atoms with Gasteiger partial charge in [-0.3, -0.25) is 4.79 Å². The normalized spacial score (nSPS) is 20.2. The van der Waals surface area contributed by atoms with Gasteiger partial charge in [-0.2, -0.15) is 0 Å². The number of Topliss-reactive ketones (excluding diaryl/α,β-unsaturated/α-hetero) is 1. The van der Waals surface area contributed by atoms with Crippen molar-refractivity contribution in [3.63, 3.8) is 0 Å². The summed E-state index contributed by atoms with van der Waals surface area (Å²) in [4.78, 5) is 12.0. The molecule has 1 aromatic carbocycles. The highest BCUT2D eigenvalue weighted by Gasteiger charge is 2.22. The number of hydrogen-bond acceptors (Lipinski definition) is 3. The van der Waals surface area contributed by atoms with Crippen LogP contribution in [0, 0.1) is 0 Å². The molecule has 1 fully saturated rings. The molecule has 0 radical (unpaired) electrons. The Balaban J connectivity index is 2.02. The first-order valence-corrected chi connectivity index (χ1v) is 6.63. The first kappa shape index (κ1) is 13.0. The average molecular weight is 319 g/mol. The van der Waals surface area contributed by atoms with Gasteiger partial charge >= 0.3 is 0 Å². The van der Waals surface area contributed by atoms with Crippen molar-refractivity contribution in [1.82, 2.24) is 5.32 Å². The fraction of sp³-hybridized carbons (Fsp3) is 0.417. The summed E-state index contributed by atoms with van der Waals surface area (Å²) in [5, 5.41) is 3.75. The Morgan fingerprint density at radius 1 is 1.59 bits per heavy atom. The summed E-state index contributed by atoms with van der Waals surface area (Å²) in [6, 6.07) is 5.54. The second-order valence-corrected chi connectivity index (χ2v) is 5.27. The third-order valence-corrected chi connectivity index (χ3v) is 3.51. The van der Waals surface area contributed by atoms with E-state index in [-0.39, 0.29) is 11.9 Å². The molecule has 92 valence electrons. The minimum atomic E-state index is -0.344. The van der Waals surface area contributed by atoms with Gasteiger partial charge in [-0.1, -0.05) is 33.6 Å². The molecule has 0 saturated carbocycles. The lowest BCUT2D eigenvalue weighted by atomic mass is 10.0. The highest BCUT2D eigenvalue weighted by Crippen LogP contribution is 2.22. The summed E-state index contributed by atoms with van der Waals surface area (Å²) >= 11 is 9.41. The number of rotatable bonds is 3. The van der Waals surface area contributed by atoms with Crippen LogP contribution >= 0.6 is 27.5 Å². The summed E-state index contributed by atoms with van der Waals surface area (Å²) in [5.74, 6) is 0.0708. The van der Waals surface area contributed by atoms with Crippen molar-refractivity contribution < 1.29 is 9.53 Å². The summed E-state index contributed by atoms with van der Waals surface area (Å²) < 4.78 is 6.32. The van der Waals surface area contributed by atoms with E-state index in [4.69, 9.17) is 16.3 Å².